The van der Waals surface area contributed by atoms with Gasteiger partial charge in [-0.25, -0.2) is 0 Å². The Labute approximate surface area is 175 Å². The molecule has 0 radical (unpaired) electrons. The summed E-state index contributed by atoms with van der Waals surface area (Å²) in [6.45, 7) is 3.13. The molecule has 1 heterocycles. The molecule has 3 atom stereocenters. The van der Waals surface area contributed by atoms with Crippen LogP contribution in [0, 0.1) is 0 Å². The Kier molecular flexibility index (Phi) is 7.91. The SMILES string of the molecule is CCS(=O)C1CCCC(NC(=NC)NCCOc2ccc3c(c2)CCC(=O)N3)C1. The van der Waals surface area contributed by atoms with Crippen LogP contribution < -0.4 is 20.7 Å². The third kappa shape index (κ3) is 6.19. The molecule has 1 saturated carbocycles. The van der Waals surface area contributed by atoms with Crippen molar-refractivity contribution >= 4 is 28.4 Å². The van der Waals surface area contributed by atoms with Crippen molar-refractivity contribution in [1.82, 2.24) is 10.6 Å². The highest BCUT2D eigenvalue weighted by atomic mass is 32.2. The van der Waals surface area contributed by atoms with E-state index in [1.165, 1.54) is 0 Å². The number of aryl methyl sites for hydroxylation is 1. The third-order valence-corrected chi connectivity index (χ3v) is 7.22. The van der Waals surface area contributed by atoms with E-state index < -0.39 is 10.8 Å². The molecule has 1 aliphatic heterocycles. The zero-order valence-corrected chi connectivity index (χ0v) is 18.1. The summed E-state index contributed by atoms with van der Waals surface area (Å²) in [5.74, 6) is 2.37. The molecule has 0 aromatic heterocycles. The lowest BCUT2D eigenvalue weighted by Crippen LogP contribution is -2.47. The van der Waals surface area contributed by atoms with Gasteiger partial charge in [-0.05, 0) is 49.4 Å². The number of ether oxygens (including phenoxy) is 1. The maximum Gasteiger partial charge on any atom is 0.224 e. The summed E-state index contributed by atoms with van der Waals surface area (Å²) in [4.78, 5) is 15.7. The van der Waals surface area contributed by atoms with Crippen LogP contribution >= 0.6 is 0 Å². The molecular formula is C21H32N4O3S. The van der Waals surface area contributed by atoms with Gasteiger partial charge in [-0.1, -0.05) is 13.3 Å². The molecule has 160 valence electrons. The maximum atomic E-state index is 12.1. The second-order valence-electron chi connectivity index (χ2n) is 7.51. The molecule has 1 aromatic carbocycles. The van der Waals surface area contributed by atoms with E-state index in [2.05, 4.69) is 20.9 Å². The number of guanidine groups is 1. The van der Waals surface area contributed by atoms with Crippen LogP contribution in [0.3, 0.4) is 0 Å². The summed E-state index contributed by atoms with van der Waals surface area (Å²) in [5.41, 5.74) is 2.00. The minimum Gasteiger partial charge on any atom is -0.492 e. The van der Waals surface area contributed by atoms with Gasteiger partial charge in [0.1, 0.15) is 12.4 Å². The van der Waals surface area contributed by atoms with Gasteiger partial charge in [0.15, 0.2) is 5.96 Å². The molecule has 7 nitrogen and oxygen atoms in total. The summed E-state index contributed by atoms with van der Waals surface area (Å²) in [6.07, 6.45) is 5.45. The Balaban J connectivity index is 1.41. The monoisotopic (exact) mass is 420 g/mol. The smallest absolute Gasteiger partial charge is 0.224 e. The predicted molar refractivity (Wildman–Crippen MR) is 118 cm³/mol. The number of carbonyl (C=O) groups is 1. The van der Waals surface area contributed by atoms with Crippen LogP contribution in [0.25, 0.3) is 0 Å². The van der Waals surface area contributed by atoms with E-state index in [9.17, 15) is 9.00 Å². The highest BCUT2D eigenvalue weighted by Crippen LogP contribution is 2.26. The average Bonchev–Trinajstić information content (AvgIpc) is 2.75. The van der Waals surface area contributed by atoms with E-state index >= 15 is 0 Å². The lowest BCUT2D eigenvalue weighted by molar-refractivity contribution is -0.116. The topological polar surface area (TPSA) is 91.8 Å². The van der Waals surface area contributed by atoms with Gasteiger partial charge in [0, 0.05) is 47.0 Å². The zero-order chi connectivity index (χ0) is 20.6. The van der Waals surface area contributed by atoms with Gasteiger partial charge in [0.2, 0.25) is 5.91 Å². The molecule has 1 aromatic rings. The van der Waals surface area contributed by atoms with E-state index in [-0.39, 0.29) is 5.91 Å². The first-order valence-corrected chi connectivity index (χ1v) is 11.9. The lowest BCUT2D eigenvalue weighted by atomic mass is 9.95. The van der Waals surface area contributed by atoms with Crippen molar-refractivity contribution in [2.45, 2.75) is 56.7 Å². The van der Waals surface area contributed by atoms with Gasteiger partial charge < -0.3 is 20.7 Å². The van der Waals surface area contributed by atoms with Gasteiger partial charge >= 0.3 is 0 Å². The van der Waals surface area contributed by atoms with Gasteiger partial charge in [-0.3, -0.25) is 14.0 Å². The highest BCUT2D eigenvalue weighted by molar-refractivity contribution is 7.85. The molecule has 3 rings (SSSR count). The minimum absolute atomic E-state index is 0.0690. The molecule has 29 heavy (non-hydrogen) atoms. The number of anilines is 1. The molecule has 0 bridgehead atoms. The number of carbonyl (C=O) groups excluding carboxylic acids is 1. The number of hydrogen-bond donors (Lipinski definition) is 3. The zero-order valence-electron chi connectivity index (χ0n) is 17.3. The molecule has 8 heteroatoms. The molecule has 0 spiro atoms. The van der Waals surface area contributed by atoms with E-state index in [1.54, 1.807) is 7.05 Å². The Bertz CT molecular complexity index is 768. The van der Waals surface area contributed by atoms with Crippen molar-refractivity contribution in [3.8, 4) is 5.75 Å². The summed E-state index contributed by atoms with van der Waals surface area (Å²) in [6, 6.07) is 6.09. The van der Waals surface area contributed by atoms with E-state index in [0.717, 1.165) is 60.8 Å². The van der Waals surface area contributed by atoms with Gasteiger partial charge in [0.25, 0.3) is 0 Å². The van der Waals surface area contributed by atoms with Crippen molar-refractivity contribution < 1.29 is 13.7 Å². The van der Waals surface area contributed by atoms with Crippen LogP contribution in [0.1, 0.15) is 44.6 Å². The molecule has 1 fully saturated rings. The van der Waals surface area contributed by atoms with Crippen LogP contribution in [0.2, 0.25) is 0 Å². The number of nitrogens with one attached hydrogen (secondary N) is 3. The molecular weight excluding hydrogens is 388 g/mol. The third-order valence-electron chi connectivity index (χ3n) is 5.48. The van der Waals surface area contributed by atoms with Crippen LogP contribution in [0.4, 0.5) is 5.69 Å². The van der Waals surface area contributed by atoms with Crippen molar-refractivity contribution in [2.75, 3.05) is 31.3 Å². The average molecular weight is 421 g/mol. The van der Waals surface area contributed by atoms with Crippen molar-refractivity contribution in [2.24, 2.45) is 4.99 Å². The second-order valence-corrected chi connectivity index (χ2v) is 9.52. The van der Waals surface area contributed by atoms with E-state index in [1.807, 2.05) is 25.1 Å². The fraction of sp³-hybridized carbons (Fsp3) is 0.619. The number of rotatable bonds is 7. The summed E-state index contributed by atoms with van der Waals surface area (Å²) >= 11 is 0. The van der Waals surface area contributed by atoms with Crippen LogP contribution in [-0.4, -0.2) is 53.3 Å². The van der Waals surface area contributed by atoms with Crippen LogP contribution in [0.5, 0.6) is 5.75 Å². The number of fused-ring (bicyclic) bond motifs is 1. The molecule has 3 N–H and O–H groups in total. The molecule has 2 aliphatic rings. The van der Waals surface area contributed by atoms with E-state index in [0.29, 0.717) is 30.9 Å². The Hall–Kier alpha value is -2.09. The Morgan fingerprint density at radius 2 is 2.21 bits per heavy atom. The molecule has 3 unspecified atom stereocenters. The molecule has 0 saturated heterocycles. The first-order chi connectivity index (χ1) is 14.1. The summed E-state index contributed by atoms with van der Waals surface area (Å²) in [7, 11) is 1.04. The van der Waals surface area contributed by atoms with Crippen molar-refractivity contribution in [1.29, 1.82) is 0 Å². The molecule has 1 aliphatic carbocycles. The minimum atomic E-state index is -0.726. The lowest BCUT2D eigenvalue weighted by Gasteiger charge is -2.30. The van der Waals surface area contributed by atoms with Crippen LogP contribution in [-0.2, 0) is 22.0 Å². The number of hydrogen-bond acceptors (Lipinski definition) is 4. The fourth-order valence-electron chi connectivity index (χ4n) is 3.93. The largest absolute Gasteiger partial charge is 0.492 e. The quantitative estimate of drug-likeness (QED) is 0.357. The first-order valence-electron chi connectivity index (χ1n) is 10.5. The number of benzene rings is 1. The second kappa shape index (κ2) is 10.6. The number of aliphatic imine (C=N–C) groups is 1. The summed E-state index contributed by atoms with van der Waals surface area (Å²) < 4.78 is 18.0. The van der Waals surface area contributed by atoms with Crippen molar-refractivity contribution in [3.63, 3.8) is 0 Å². The summed E-state index contributed by atoms with van der Waals surface area (Å²) in [5, 5.41) is 9.93. The normalized spacial score (nSPS) is 23.0. The standard InChI is InChI=1S/C21H32N4O3S/c1-3-29(27)18-6-4-5-16(14-18)24-21(22-2)23-11-12-28-17-8-9-19-15(13-17)7-10-20(26)25-19/h8-9,13,16,18H,3-7,10-12,14H2,1-2H3,(H,25,26)(H2,22,23,24). The first kappa shape index (κ1) is 21.6. The van der Waals surface area contributed by atoms with Crippen molar-refractivity contribution in [3.05, 3.63) is 23.8 Å². The molecule has 1 amide bonds. The fourth-order valence-corrected chi connectivity index (χ4v) is 5.27. The van der Waals surface area contributed by atoms with Crippen LogP contribution in [0.15, 0.2) is 23.2 Å². The maximum absolute atomic E-state index is 12.1. The van der Waals surface area contributed by atoms with Gasteiger partial charge in [0.05, 0.1) is 6.54 Å². The number of nitrogens with zero attached hydrogens (tertiary/aromatic N) is 1. The van der Waals surface area contributed by atoms with E-state index in [4.69, 9.17) is 4.74 Å². The Morgan fingerprint density at radius 3 is 3.00 bits per heavy atom. The predicted octanol–water partition coefficient (Wildman–Crippen LogP) is 2.19. The number of amides is 1. The van der Waals surface area contributed by atoms with Gasteiger partial charge in [-0.15, -0.1) is 0 Å². The van der Waals surface area contributed by atoms with Gasteiger partial charge in [-0.2, -0.15) is 0 Å². The Morgan fingerprint density at radius 1 is 1.34 bits per heavy atom. The highest BCUT2D eigenvalue weighted by Gasteiger charge is 2.26.